The van der Waals surface area contributed by atoms with Gasteiger partial charge in [0.1, 0.15) is 12.3 Å². The standard InChI is InChI=1S/C23H26N2OS.CH4/c1-25(2)15-6-16-26-24-23(20-13-11-18(17-27)12-14-20)22-10-5-8-19-7-3-4-9-21(19)22;/h3-5,7-14,27H,6,15-17H2,1-2H3;1H4/b24-23-;. The Hall–Kier alpha value is -2.30. The number of benzene rings is 3. The summed E-state index contributed by atoms with van der Waals surface area (Å²) in [5.41, 5.74) is 4.18. The zero-order chi connectivity index (χ0) is 19.1. The SMILES string of the molecule is C.CN(C)CCCO/N=C(/c1ccc(CS)cc1)c1cccc2ccccc12. The van der Waals surface area contributed by atoms with E-state index < -0.39 is 0 Å². The zero-order valence-electron chi connectivity index (χ0n) is 15.9. The number of fused-ring (bicyclic) bond motifs is 1. The monoisotopic (exact) mass is 394 g/mol. The van der Waals surface area contributed by atoms with Crippen molar-refractivity contribution >= 4 is 29.1 Å². The molecule has 0 heterocycles. The predicted octanol–water partition coefficient (Wildman–Crippen LogP) is 5.63. The van der Waals surface area contributed by atoms with Gasteiger partial charge in [0.2, 0.25) is 0 Å². The molecule has 3 nitrogen and oxygen atoms in total. The van der Waals surface area contributed by atoms with Gasteiger partial charge in [0, 0.05) is 23.4 Å². The summed E-state index contributed by atoms with van der Waals surface area (Å²) < 4.78 is 0. The molecule has 0 amide bonds. The lowest BCUT2D eigenvalue weighted by atomic mass is 9.96. The van der Waals surface area contributed by atoms with E-state index in [0.29, 0.717) is 6.61 Å². The molecule has 4 heteroatoms. The van der Waals surface area contributed by atoms with E-state index in [9.17, 15) is 0 Å². The summed E-state index contributed by atoms with van der Waals surface area (Å²) in [7, 11) is 4.13. The molecule has 0 saturated heterocycles. The zero-order valence-corrected chi connectivity index (χ0v) is 16.8. The molecule has 28 heavy (non-hydrogen) atoms. The van der Waals surface area contributed by atoms with Crippen LogP contribution in [0.25, 0.3) is 10.8 Å². The van der Waals surface area contributed by atoms with Gasteiger partial charge >= 0.3 is 0 Å². The second-order valence-electron chi connectivity index (χ2n) is 6.81. The molecule has 3 rings (SSSR count). The smallest absolute Gasteiger partial charge is 0.118 e. The Bertz CT molecular complexity index is 899. The van der Waals surface area contributed by atoms with Crippen LogP contribution in [0, 0.1) is 0 Å². The summed E-state index contributed by atoms with van der Waals surface area (Å²) in [6.45, 7) is 1.58. The first-order valence-electron chi connectivity index (χ1n) is 9.22. The molecule has 0 aromatic heterocycles. The van der Waals surface area contributed by atoms with Crippen molar-refractivity contribution in [2.45, 2.75) is 19.6 Å². The summed E-state index contributed by atoms with van der Waals surface area (Å²) >= 11 is 4.35. The van der Waals surface area contributed by atoms with Gasteiger partial charge in [-0.3, -0.25) is 0 Å². The number of hydrogen-bond acceptors (Lipinski definition) is 4. The van der Waals surface area contributed by atoms with Crippen molar-refractivity contribution in [3.8, 4) is 0 Å². The van der Waals surface area contributed by atoms with Crippen molar-refractivity contribution < 1.29 is 4.84 Å². The van der Waals surface area contributed by atoms with Crippen LogP contribution in [-0.2, 0) is 10.6 Å². The maximum absolute atomic E-state index is 5.71. The Balaban J connectivity index is 0.00000280. The van der Waals surface area contributed by atoms with Crippen molar-refractivity contribution in [3.63, 3.8) is 0 Å². The number of nitrogens with zero attached hydrogens (tertiary/aromatic N) is 2. The van der Waals surface area contributed by atoms with E-state index in [1.165, 1.54) is 16.3 Å². The molecule has 0 aliphatic rings. The van der Waals surface area contributed by atoms with Gasteiger partial charge in [-0.15, -0.1) is 0 Å². The van der Waals surface area contributed by atoms with Gasteiger partial charge in [-0.05, 0) is 36.9 Å². The highest BCUT2D eigenvalue weighted by Gasteiger charge is 2.12. The fourth-order valence-electron chi connectivity index (χ4n) is 3.01. The lowest BCUT2D eigenvalue weighted by molar-refractivity contribution is 0.135. The van der Waals surface area contributed by atoms with Crippen LogP contribution < -0.4 is 0 Å². The average molecular weight is 395 g/mol. The highest BCUT2D eigenvalue weighted by atomic mass is 32.1. The number of thiol groups is 1. The largest absolute Gasteiger partial charge is 0.395 e. The van der Waals surface area contributed by atoms with Gasteiger partial charge in [0.15, 0.2) is 0 Å². The molecule has 0 fully saturated rings. The minimum absolute atomic E-state index is 0. The van der Waals surface area contributed by atoms with Crippen LogP contribution in [0.15, 0.2) is 71.9 Å². The topological polar surface area (TPSA) is 24.8 Å². The summed E-state index contributed by atoms with van der Waals surface area (Å²) in [6, 6.07) is 23.0. The van der Waals surface area contributed by atoms with Crippen LogP contribution in [-0.4, -0.2) is 37.9 Å². The Kier molecular flexibility index (Phi) is 8.55. The third-order valence-corrected chi connectivity index (χ3v) is 4.82. The van der Waals surface area contributed by atoms with Crippen LogP contribution in [0.1, 0.15) is 30.5 Å². The van der Waals surface area contributed by atoms with Crippen LogP contribution in [0.5, 0.6) is 0 Å². The quantitative estimate of drug-likeness (QED) is 0.232. The fraction of sp³-hybridized carbons (Fsp3) is 0.292. The fourth-order valence-corrected chi connectivity index (χ4v) is 3.22. The normalized spacial score (nSPS) is 11.5. The van der Waals surface area contributed by atoms with E-state index in [-0.39, 0.29) is 7.43 Å². The highest BCUT2D eigenvalue weighted by Crippen LogP contribution is 2.23. The van der Waals surface area contributed by atoms with Gasteiger partial charge in [-0.2, -0.15) is 12.6 Å². The summed E-state index contributed by atoms with van der Waals surface area (Å²) in [5.74, 6) is 0.724. The Labute approximate surface area is 174 Å². The first kappa shape index (κ1) is 22.0. The van der Waals surface area contributed by atoms with Crippen LogP contribution in [0.3, 0.4) is 0 Å². The van der Waals surface area contributed by atoms with E-state index in [0.717, 1.165) is 35.6 Å². The third-order valence-electron chi connectivity index (χ3n) is 4.45. The lowest BCUT2D eigenvalue weighted by Crippen LogP contribution is -2.14. The molecule has 0 spiro atoms. The van der Waals surface area contributed by atoms with Crippen molar-refractivity contribution in [3.05, 3.63) is 83.4 Å². The van der Waals surface area contributed by atoms with E-state index in [4.69, 9.17) is 4.84 Å². The van der Waals surface area contributed by atoms with E-state index in [1.807, 2.05) is 0 Å². The molecule has 3 aromatic carbocycles. The molecule has 0 radical (unpaired) electrons. The first-order valence-corrected chi connectivity index (χ1v) is 9.85. The first-order chi connectivity index (χ1) is 13.2. The Morgan fingerprint density at radius 1 is 0.964 bits per heavy atom. The molecular weight excluding hydrogens is 364 g/mol. The van der Waals surface area contributed by atoms with Crippen molar-refractivity contribution in [1.82, 2.24) is 4.90 Å². The summed E-state index contributed by atoms with van der Waals surface area (Å²) in [6.07, 6.45) is 0.942. The Morgan fingerprint density at radius 2 is 1.68 bits per heavy atom. The van der Waals surface area contributed by atoms with Gasteiger partial charge in [0.25, 0.3) is 0 Å². The number of oxime groups is 1. The van der Waals surface area contributed by atoms with Crippen LogP contribution >= 0.6 is 12.6 Å². The number of hydrogen-bond donors (Lipinski definition) is 1. The minimum atomic E-state index is 0. The second-order valence-corrected chi connectivity index (χ2v) is 7.13. The second kappa shape index (κ2) is 10.9. The molecule has 148 valence electrons. The Morgan fingerprint density at radius 3 is 2.39 bits per heavy atom. The predicted molar refractivity (Wildman–Crippen MR) is 125 cm³/mol. The summed E-state index contributed by atoms with van der Waals surface area (Å²) in [4.78, 5) is 7.85. The van der Waals surface area contributed by atoms with Crippen molar-refractivity contribution in [2.24, 2.45) is 5.16 Å². The number of rotatable bonds is 8. The average Bonchev–Trinajstić information content (AvgIpc) is 2.70. The molecule has 3 aromatic rings. The third kappa shape index (κ3) is 5.60. The lowest BCUT2D eigenvalue weighted by Gasteiger charge is -2.12. The van der Waals surface area contributed by atoms with E-state index >= 15 is 0 Å². The maximum atomic E-state index is 5.71. The van der Waals surface area contributed by atoms with E-state index in [1.54, 1.807) is 0 Å². The molecular formula is C24H30N2OS. The van der Waals surface area contributed by atoms with Gasteiger partial charge in [-0.25, -0.2) is 0 Å². The van der Waals surface area contributed by atoms with Gasteiger partial charge in [-0.1, -0.05) is 79.3 Å². The van der Waals surface area contributed by atoms with Crippen LogP contribution in [0.4, 0.5) is 0 Å². The molecule has 0 unspecified atom stereocenters. The molecule has 0 atom stereocenters. The van der Waals surface area contributed by atoms with Crippen molar-refractivity contribution in [1.29, 1.82) is 0 Å². The molecule has 0 bridgehead atoms. The maximum Gasteiger partial charge on any atom is 0.118 e. The van der Waals surface area contributed by atoms with E-state index in [2.05, 4.69) is 104 Å². The highest BCUT2D eigenvalue weighted by molar-refractivity contribution is 7.79. The molecule has 0 aliphatic carbocycles. The summed E-state index contributed by atoms with van der Waals surface area (Å²) in [5, 5.41) is 6.92. The molecule has 0 aliphatic heterocycles. The van der Waals surface area contributed by atoms with Crippen LogP contribution in [0.2, 0.25) is 0 Å². The van der Waals surface area contributed by atoms with Gasteiger partial charge in [0.05, 0.1) is 0 Å². The minimum Gasteiger partial charge on any atom is -0.395 e. The molecule has 0 saturated carbocycles. The van der Waals surface area contributed by atoms with Gasteiger partial charge < -0.3 is 9.74 Å². The van der Waals surface area contributed by atoms with Crippen molar-refractivity contribution in [2.75, 3.05) is 27.2 Å². The molecule has 0 N–H and O–H groups in total.